The third-order valence-corrected chi connectivity index (χ3v) is 1.51. The molecule has 1 rings (SSSR count). The molecule has 0 aromatic heterocycles. The van der Waals surface area contributed by atoms with Gasteiger partial charge in [-0.2, -0.15) is 13.2 Å². The van der Waals surface area contributed by atoms with E-state index in [1.54, 1.807) is 24.3 Å². The Labute approximate surface area is 74.6 Å². The van der Waals surface area contributed by atoms with E-state index in [1.807, 2.05) is 6.07 Å². The van der Waals surface area contributed by atoms with Crippen molar-refractivity contribution in [1.82, 2.24) is 0 Å². The second-order valence-corrected chi connectivity index (χ2v) is 2.66. The van der Waals surface area contributed by atoms with Crippen LogP contribution in [0.4, 0.5) is 18.9 Å². The van der Waals surface area contributed by atoms with E-state index in [0.29, 0.717) is 5.69 Å². The summed E-state index contributed by atoms with van der Waals surface area (Å²) >= 11 is 0. The number of rotatable bonds is 3. The van der Waals surface area contributed by atoms with Crippen LogP contribution in [0.2, 0.25) is 0 Å². The van der Waals surface area contributed by atoms with Gasteiger partial charge in [0.15, 0.2) is 0 Å². The van der Waals surface area contributed by atoms with Crippen LogP contribution >= 0.6 is 0 Å². The largest absolute Gasteiger partial charge is 0.390 e. The molecule has 0 heterocycles. The van der Waals surface area contributed by atoms with Gasteiger partial charge in [-0.25, -0.2) is 0 Å². The van der Waals surface area contributed by atoms with Gasteiger partial charge in [0.25, 0.3) is 0 Å². The lowest BCUT2D eigenvalue weighted by atomic mass is 10.3. The zero-order valence-electron chi connectivity index (χ0n) is 6.93. The van der Waals surface area contributed by atoms with Gasteiger partial charge >= 0.3 is 6.18 Å². The molecule has 1 N–H and O–H groups in total. The fourth-order valence-electron chi connectivity index (χ4n) is 0.905. The van der Waals surface area contributed by atoms with E-state index in [4.69, 9.17) is 0 Å². The minimum atomic E-state index is -4.08. The van der Waals surface area contributed by atoms with Crippen molar-refractivity contribution in [2.75, 3.05) is 11.9 Å². The predicted octanol–water partition coefficient (Wildman–Crippen LogP) is 3.05. The third-order valence-electron chi connectivity index (χ3n) is 1.51. The fraction of sp³-hybridized carbons (Fsp3) is 0.333. The molecule has 4 heteroatoms. The zero-order valence-corrected chi connectivity index (χ0v) is 6.93. The summed E-state index contributed by atoms with van der Waals surface area (Å²) in [6.45, 7) is -0.0759. The summed E-state index contributed by atoms with van der Waals surface area (Å²) in [7, 11) is 0. The monoisotopic (exact) mass is 189 g/mol. The van der Waals surface area contributed by atoms with Crippen LogP contribution in [-0.4, -0.2) is 12.7 Å². The highest BCUT2D eigenvalue weighted by atomic mass is 19.4. The maximum atomic E-state index is 11.7. The van der Waals surface area contributed by atoms with E-state index < -0.39 is 12.6 Å². The number of halogens is 3. The Kier molecular flexibility index (Phi) is 3.17. The van der Waals surface area contributed by atoms with Crippen molar-refractivity contribution in [3.05, 3.63) is 30.3 Å². The van der Waals surface area contributed by atoms with Gasteiger partial charge in [-0.05, 0) is 12.1 Å². The molecule has 0 bridgehead atoms. The van der Waals surface area contributed by atoms with Gasteiger partial charge in [0.1, 0.15) is 0 Å². The Hall–Kier alpha value is -1.19. The lowest BCUT2D eigenvalue weighted by molar-refractivity contribution is -0.131. The van der Waals surface area contributed by atoms with E-state index in [9.17, 15) is 13.2 Å². The minimum absolute atomic E-state index is 0.0759. The Morgan fingerprint density at radius 2 is 1.69 bits per heavy atom. The smallest absolute Gasteiger partial charge is 0.385 e. The number of alkyl halides is 3. The van der Waals surface area contributed by atoms with Gasteiger partial charge in [-0.1, -0.05) is 18.2 Å². The van der Waals surface area contributed by atoms with E-state index in [0.717, 1.165) is 0 Å². The molecule has 0 amide bonds. The van der Waals surface area contributed by atoms with Crippen molar-refractivity contribution in [1.29, 1.82) is 0 Å². The molecule has 0 saturated carbocycles. The van der Waals surface area contributed by atoms with Crippen LogP contribution in [0.1, 0.15) is 6.42 Å². The second-order valence-electron chi connectivity index (χ2n) is 2.66. The molecule has 0 aliphatic heterocycles. The Bertz CT molecular complexity index is 243. The van der Waals surface area contributed by atoms with Crippen LogP contribution in [0.15, 0.2) is 30.3 Å². The van der Waals surface area contributed by atoms with E-state index in [1.165, 1.54) is 0 Å². The Balaban J connectivity index is 2.29. The first-order valence-electron chi connectivity index (χ1n) is 3.93. The molecule has 0 aliphatic rings. The molecule has 13 heavy (non-hydrogen) atoms. The second kappa shape index (κ2) is 4.16. The lowest BCUT2D eigenvalue weighted by Crippen LogP contribution is -2.14. The topological polar surface area (TPSA) is 12.0 Å². The van der Waals surface area contributed by atoms with Crippen molar-refractivity contribution < 1.29 is 13.2 Å². The zero-order chi connectivity index (χ0) is 9.73. The number of hydrogen-bond acceptors (Lipinski definition) is 1. The summed E-state index contributed by atoms with van der Waals surface area (Å²) in [5.41, 5.74) is 0.715. The molecule has 1 aromatic rings. The van der Waals surface area contributed by atoms with Crippen LogP contribution in [0.25, 0.3) is 0 Å². The average Bonchev–Trinajstić information content (AvgIpc) is 2.04. The quantitative estimate of drug-likeness (QED) is 0.770. The van der Waals surface area contributed by atoms with Crippen molar-refractivity contribution in [2.24, 2.45) is 0 Å². The first-order valence-corrected chi connectivity index (χ1v) is 3.93. The molecule has 0 saturated heterocycles. The minimum Gasteiger partial charge on any atom is -0.385 e. The summed E-state index contributed by atoms with van der Waals surface area (Å²) in [4.78, 5) is 0. The van der Waals surface area contributed by atoms with Crippen LogP contribution < -0.4 is 5.32 Å². The Morgan fingerprint density at radius 3 is 2.23 bits per heavy atom. The third kappa shape index (κ3) is 4.40. The summed E-state index contributed by atoms with van der Waals surface area (Å²) in [6, 6.07) is 8.83. The maximum absolute atomic E-state index is 11.7. The number of anilines is 1. The Morgan fingerprint density at radius 1 is 1.08 bits per heavy atom. The van der Waals surface area contributed by atoms with Gasteiger partial charge in [0, 0.05) is 12.2 Å². The molecular weight excluding hydrogens is 179 g/mol. The molecule has 1 nitrogen and oxygen atoms in total. The van der Waals surface area contributed by atoms with Crippen molar-refractivity contribution >= 4 is 5.69 Å². The summed E-state index contributed by atoms with van der Waals surface area (Å²) in [5, 5.41) is 2.68. The van der Waals surface area contributed by atoms with Gasteiger partial charge in [-0.15, -0.1) is 0 Å². The summed E-state index contributed by atoms with van der Waals surface area (Å²) in [5.74, 6) is 0. The summed E-state index contributed by atoms with van der Waals surface area (Å²) in [6.07, 6.45) is -4.89. The van der Waals surface area contributed by atoms with Crippen LogP contribution in [0.3, 0.4) is 0 Å². The van der Waals surface area contributed by atoms with Gasteiger partial charge < -0.3 is 5.32 Å². The molecule has 72 valence electrons. The highest BCUT2D eigenvalue weighted by Crippen LogP contribution is 2.19. The summed E-state index contributed by atoms with van der Waals surface area (Å²) < 4.78 is 35.2. The van der Waals surface area contributed by atoms with E-state index in [2.05, 4.69) is 5.32 Å². The lowest BCUT2D eigenvalue weighted by Gasteiger charge is -2.08. The average molecular weight is 189 g/mol. The van der Waals surface area contributed by atoms with Crippen molar-refractivity contribution in [3.8, 4) is 0 Å². The number of nitrogens with one attached hydrogen (secondary N) is 1. The van der Waals surface area contributed by atoms with Gasteiger partial charge in [0.05, 0.1) is 6.42 Å². The molecule has 0 atom stereocenters. The van der Waals surface area contributed by atoms with E-state index >= 15 is 0 Å². The first-order chi connectivity index (χ1) is 6.08. The normalized spacial score (nSPS) is 11.3. The molecular formula is C9H10F3N. The fourth-order valence-corrected chi connectivity index (χ4v) is 0.905. The molecule has 0 spiro atoms. The first kappa shape index (κ1) is 9.89. The molecule has 0 fully saturated rings. The molecule has 1 aromatic carbocycles. The van der Waals surface area contributed by atoms with Gasteiger partial charge in [-0.3, -0.25) is 0 Å². The maximum Gasteiger partial charge on any atom is 0.390 e. The van der Waals surface area contributed by atoms with Crippen LogP contribution in [-0.2, 0) is 0 Å². The molecule has 0 radical (unpaired) electrons. The van der Waals surface area contributed by atoms with Crippen molar-refractivity contribution in [3.63, 3.8) is 0 Å². The standard InChI is InChI=1S/C9H10F3N/c10-9(11,12)6-7-13-8-4-2-1-3-5-8/h1-5,13H,6-7H2. The molecule has 0 aliphatic carbocycles. The number of hydrogen-bond donors (Lipinski definition) is 1. The highest BCUT2D eigenvalue weighted by molar-refractivity contribution is 5.42. The van der Waals surface area contributed by atoms with Crippen LogP contribution in [0.5, 0.6) is 0 Å². The predicted molar refractivity (Wildman–Crippen MR) is 45.6 cm³/mol. The number of para-hydroxylation sites is 1. The molecule has 0 unspecified atom stereocenters. The number of benzene rings is 1. The highest BCUT2D eigenvalue weighted by Gasteiger charge is 2.25. The van der Waals surface area contributed by atoms with Crippen LogP contribution in [0, 0.1) is 0 Å². The van der Waals surface area contributed by atoms with Crippen molar-refractivity contribution in [2.45, 2.75) is 12.6 Å². The van der Waals surface area contributed by atoms with Gasteiger partial charge in [0.2, 0.25) is 0 Å². The van der Waals surface area contributed by atoms with E-state index in [-0.39, 0.29) is 6.54 Å². The SMILES string of the molecule is FC(F)(F)CCNc1ccccc1.